The van der Waals surface area contributed by atoms with Gasteiger partial charge in [-0.05, 0) is 48.9 Å². The molecule has 0 bridgehead atoms. The van der Waals surface area contributed by atoms with Crippen LogP contribution in [0.4, 0.5) is 5.69 Å². The molecule has 0 radical (unpaired) electrons. The van der Waals surface area contributed by atoms with E-state index in [1.807, 2.05) is 12.4 Å². The first-order valence-corrected chi connectivity index (χ1v) is 8.03. The fraction of sp³-hybridized carbons (Fsp3) is 0.500. The molecule has 2 aromatic rings. The number of pyridine rings is 1. The number of piperidine rings is 1. The van der Waals surface area contributed by atoms with Crippen LogP contribution in [0.3, 0.4) is 0 Å². The van der Waals surface area contributed by atoms with E-state index in [0.29, 0.717) is 6.04 Å². The summed E-state index contributed by atoms with van der Waals surface area (Å²) in [5.74, 6) is 0.747. The van der Waals surface area contributed by atoms with Crippen LogP contribution in [0.25, 0.3) is 10.8 Å². The number of hydrogen-bond donors (Lipinski definition) is 1. The van der Waals surface area contributed by atoms with Gasteiger partial charge in [-0.2, -0.15) is 0 Å². The van der Waals surface area contributed by atoms with Gasteiger partial charge in [0.05, 0.1) is 0 Å². The predicted octanol–water partition coefficient (Wildman–Crippen LogP) is 3.77. The highest BCUT2D eigenvalue weighted by molar-refractivity contribution is 5.84. The van der Waals surface area contributed by atoms with E-state index in [2.05, 4.69) is 53.3 Å². The lowest BCUT2D eigenvalue weighted by molar-refractivity contribution is 0.195. The smallest absolute Gasteiger partial charge is 0.0388 e. The highest BCUT2D eigenvalue weighted by Crippen LogP contribution is 2.21. The number of nitrogens with zero attached hydrogens (tertiary/aromatic N) is 2. The highest BCUT2D eigenvalue weighted by Gasteiger charge is 2.20. The van der Waals surface area contributed by atoms with E-state index in [9.17, 15) is 0 Å². The summed E-state index contributed by atoms with van der Waals surface area (Å²) in [6, 6.07) is 9.20. The van der Waals surface area contributed by atoms with E-state index >= 15 is 0 Å². The van der Waals surface area contributed by atoms with Crippen molar-refractivity contribution in [2.45, 2.75) is 32.7 Å². The number of anilines is 1. The van der Waals surface area contributed by atoms with Crippen LogP contribution >= 0.6 is 0 Å². The van der Waals surface area contributed by atoms with Crippen molar-refractivity contribution in [2.24, 2.45) is 5.92 Å². The van der Waals surface area contributed by atoms with E-state index in [1.54, 1.807) is 0 Å². The van der Waals surface area contributed by atoms with Crippen molar-refractivity contribution in [2.75, 3.05) is 25.0 Å². The van der Waals surface area contributed by atoms with E-state index in [0.717, 1.165) is 12.5 Å². The van der Waals surface area contributed by atoms with E-state index in [4.69, 9.17) is 0 Å². The predicted molar refractivity (Wildman–Crippen MR) is 89.7 cm³/mol. The number of hydrogen-bond acceptors (Lipinski definition) is 3. The second kappa shape index (κ2) is 6.44. The van der Waals surface area contributed by atoms with Crippen molar-refractivity contribution in [3.8, 4) is 0 Å². The maximum atomic E-state index is 4.17. The standard InChI is InChI=1S/C18H25N3/c1-14(2)12-21-9-3-4-18(13-21)20-17-6-5-16-11-19-8-7-15(16)10-17/h5-8,10-11,14,18,20H,3-4,9,12-13H2,1-2H3/t18-/m1/s1. The zero-order valence-corrected chi connectivity index (χ0v) is 13.0. The van der Waals surface area contributed by atoms with E-state index in [-0.39, 0.29) is 0 Å². The summed E-state index contributed by atoms with van der Waals surface area (Å²) in [7, 11) is 0. The maximum absolute atomic E-state index is 4.17. The Hall–Kier alpha value is -1.61. The van der Waals surface area contributed by atoms with E-state index < -0.39 is 0 Å². The topological polar surface area (TPSA) is 28.2 Å². The third-order valence-electron chi connectivity index (χ3n) is 4.14. The molecule has 112 valence electrons. The van der Waals surface area contributed by atoms with Gasteiger partial charge < -0.3 is 10.2 Å². The Bertz CT molecular complexity index is 594. The number of aromatic nitrogens is 1. The minimum atomic E-state index is 0.566. The summed E-state index contributed by atoms with van der Waals surface area (Å²) in [5, 5.41) is 6.17. The second-order valence-electron chi connectivity index (χ2n) is 6.57. The quantitative estimate of drug-likeness (QED) is 0.926. The zero-order chi connectivity index (χ0) is 14.7. The third-order valence-corrected chi connectivity index (χ3v) is 4.14. The summed E-state index contributed by atoms with van der Waals surface area (Å²) >= 11 is 0. The van der Waals surface area contributed by atoms with Crippen molar-refractivity contribution < 1.29 is 0 Å². The molecule has 1 saturated heterocycles. The normalized spacial score (nSPS) is 20.0. The van der Waals surface area contributed by atoms with Crippen LogP contribution in [-0.2, 0) is 0 Å². The largest absolute Gasteiger partial charge is 0.381 e. The van der Waals surface area contributed by atoms with Gasteiger partial charge >= 0.3 is 0 Å². The summed E-state index contributed by atoms with van der Waals surface area (Å²) in [6.07, 6.45) is 6.34. The summed E-state index contributed by atoms with van der Waals surface area (Å²) in [4.78, 5) is 6.76. The number of likely N-dealkylation sites (tertiary alicyclic amines) is 1. The molecular weight excluding hydrogens is 258 g/mol. The van der Waals surface area contributed by atoms with Crippen molar-refractivity contribution >= 4 is 16.5 Å². The van der Waals surface area contributed by atoms with Gasteiger partial charge in [0.2, 0.25) is 0 Å². The number of benzene rings is 1. The summed E-state index contributed by atoms with van der Waals surface area (Å²) in [6.45, 7) is 8.22. The molecule has 2 heterocycles. The Kier molecular flexibility index (Phi) is 4.39. The molecule has 1 aliphatic heterocycles. The Labute approximate surface area is 127 Å². The molecule has 21 heavy (non-hydrogen) atoms. The van der Waals surface area contributed by atoms with Gasteiger partial charge in [0.15, 0.2) is 0 Å². The molecule has 0 amide bonds. The molecule has 1 fully saturated rings. The highest BCUT2D eigenvalue weighted by atomic mass is 15.2. The van der Waals surface area contributed by atoms with Crippen molar-refractivity contribution in [1.29, 1.82) is 0 Å². The van der Waals surface area contributed by atoms with Gasteiger partial charge in [0.25, 0.3) is 0 Å². The van der Waals surface area contributed by atoms with Crippen LogP contribution in [-0.4, -0.2) is 35.6 Å². The summed E-state index contributed by atoms with van der Waals surface area (Å²) < 4.78 is 0. The molecule has 0 aliphatic carbocycles. The molecule has 3 rings (SSSR count). The lowest BCUT2D eigenvalue weighted by Crippen LogP contribution is -2.43. The van der Waals surface area contributed by atoms with Gasteiger partial charge in [-0.15, -0.1) is 0 Å². The van der Waals surface area contributed by atoms with Crippen LogP contribution in [0, 0.1) is 5.92 Å². The molecule has 1 aromatic carbocycles. The molecule has 3 nitrogen and oxygen atoms in total. The van der Waals surface area contributed by atoms with Gasteiger partial charge in [0, 0.05) is 42.6 Å². The van der Waals surface area contributed by atoms with Crippen LogP contribution in [0.1, 0.15) is 26.7 Å². The Morgan fingerprint density at radius 3 is 3.05 bits per heavy atom. The van der Waals surface area contributed by atoms with E-state index in [1.165, 1.54) is 42.4 Å². The van der Waals surface area contributed by atoms with Crippen molar-refractivity contribution in [3.63, 3.8) is 0 Å². The first-order valence-electron chi connectivity index (χ1n) is 8.03. The molecule has 1 N–H and O–H groups in total. The van der Waals surface area contributed by atoms with Gasteiger partial charge in [-0.3, -0.25) is 4.98 Å². The first-order chi connectivity index (χ1) is 10.2. The number of nitrogens with one attached hydrogen (secondary N) is 1. The molecule has 1 atom stereocenters. The molecule has 1 aliphatic rings. The fourth-order valence-electron chi connectivity index (χ4n) is 3.26. The zero-order valence-electron chi connectivity index (χ0n) is 13.0. The first kappa shape index (κ1) is 14.3. The van der Waals surface area contributed by atoms with Gasteiger partial charge in [-0.1, -0.05) is 19.9 Å². The van der Waals surface area contributed by atoms with Gasteiger partial charge in [0.1, 0.15) is 0 Å². The summed E-state index contributed by atoms with van der Waals surface area (Å²) in [5.41, 5.74) is 1.23. The molecule has 3 heteroatoms. The minimum Gasteiger partial charge on any atom is -0.381 e. The number of rotatable bonds is 4. The molecular formula is C18H25N3. The lowest BCUT2D eigenvalue weighted by Gasteiger charge is -2.34. The molecule has 0 saturated carbocycles. The Morgan fingerprint density at radius 1 is 1.29 bits per heavy atom. The lowest BCUT2D eigenvalue weighted by atomic mass is 10.0. The van der Waals surface area contributed by atoms with Crippen LogP contribution in [0.15, 0.2) is 36.7 Å². The third kappa shape index (κ3) is 3.73. The van der Waals surface area contributed by atoms with Crippen LogP contribution < -0.4 is 5.32 Å². The van der Waals surface area contributed by atoms with Crippen molar-refractivity contribution in [1.82, 2.24) is 9.88 Å². The second-order valence-corrected chi connectivity index (χ2v) is 6.57. The average Bonchev–Trinajstić information content (AvgIpc) is 2.47. The van der Waals surface area contributed by atoms with Crippen LogP contribution in [0.2, 0.25) is 0 Å². The Morgan fingerprint density at radius 2 is 2.19 bits per heavy atom. The minimum absolute atomic E-state index is 0.566. The molecule has 1 aromatic heterocycles. The average molecular weight is 283 g/mol. The Balaban J connectivity index is 1.66. The number of fused-ring (bicyclic) bond motifs is 1. The fourth-order valence-corrected chi connectivity index (χ4v) is 3.26. The van der Waals surface area contributed by atoms with Crippen molar-refractivity contribution in [3.05, 3.63) is 36.7 Å². The molecule has 0 spiro atoms. The monoisotopic (exact) mass is 283 g/mol. The maximum Gasteiger partial charge on any atom is 0.0388 e. The van der Waals surface area contributed by atoms with Gasteiger partial charge in [-0.25, -0.2) is 0 Å². The molecule has 0 unspecified atom stereocenters. The van der Waals surface area contributed by atoms with Crippen LogP contribution in [0.5, 0.6) is 0 Å². The SMILES string of the molecule is CC(C)CN1CCC[C@@H](Nc2ccc3cnccc3c2)C1.